The topological polar surface area (TPSA) is 110 Å². The summed E-state index contributed by atoms with van der Waals surface area (Å²) in [6.07, 6.45) is 1.41. The third kappa shape index (κ3) is 4.23. The first kappa shape index (κ1) is 19.2. The molecule has 8 nitrogen and oxygen atoms in total. The smallest absolute Gasteiger partial charge is 0.294 e. The van der Waals surface area contributed by atoms with Gasteiger partial charge in [0.25, 0.3) is 16.8 Å². The van der Waals surface area contributed by atoms with E-state index < -0.39 is 34.3 Å². The monoisotopic (exact) mass is 401 g/mol. The number of nitro groups is 1. The molecule has 28 heavy (non-hydrogen) atoms. The van der Waals surface area contributed by atoms with Gasteiger partial charge in [-0.25, -0.2) is 4.39 Å². The van der Waals surface area contributed by atoms with Crippen LogP contribution in [0.2, 0.25) is 0 Å². The van der Waals surface area contributed by atoms with Crippen molar-refractivity contribution in [1.29, 1.82) is 0 Å². The second-order valence-electron chi connectivity index (χ2n) is 5.64. The van der Waals surface area contributed by atoms with Crippen molar-refractivity contribution < 1.29 is 23.7 Å². The molecule has 1 N–H and O–H groups in total. The molecular weight excluding hydrogens is 389 g/mol. The predicted octanol–water partition coefficient (Wildman–Crippen LogP) is 3.41. The molecule has 142 valence electrons. The fourth-order valence-corrected chi connectivity index (χ4v) is 3.21. The Morgan fingerprint density at radius 1 is 1.18 bits per heavy atom. The van der Waals surface area contributed by atoms with E-state index in [0.29, 0.717) is 17.3 Å². The fourth-order valence-electron chi connectivity index (χ4n) is 2.38. The molecule has 1 aliphatic rings. The highest BCUT2D eigenvalue weighted by Crippen LogP contribution is 2.32. The van der Waals surface area contributed by atoms with E-state index in [1.54, 1.807) is 0 Å². The lowest BCUT2D eigenvalue weighted by Gasteiger charge is -2.12. The number of nitro benzene ring substituents is 1. The zero-order chi connectivity index (χ0) is 20.3. The van der Waals surface area contributed by atoms with E-state index >= 15 is 0 Å². The minimum absolute atomic E-state index is 0.0547. The highest BCUT2D eigenvalue weighted by Gasteiger charge is 2.36. The van der Waals surface area contributed by atoms with Crippen LogP contribution in [0.1, 0.15) is 5.56 Å². The van der Waals surface area contributed by atoms with Crippen molar-refractivity contribution in [3.63, 3.8) is 0 Å². The van der Waals surface area contributed by atoms with Crippen LogP contribution in [0.5, 0.6) is 0 Å². The van der Waals surface area contributed by atoms with Gasteiger partial charge in [0.05, 0.1) is 15.5 Å². The van der Waals surface area contributed by atoms with Gasteiger partial charge in [0.1, 0.15) is 12.4 Å². The zero-order valence-corrected chi connectivity index (χ0v) is 14.9. The first-order chi connectivity index (χ1) is 13.3. The number of imide groups is 1. The molecule has 0 spiro atoms. The number of halogens is 1. The summed E-state index contributed by atoms with van der Waals surface area (Å²) in [5.74, 6) is -2.02. The average molecular weight is 401 g/mol. The number of para-hydroxylation sites is 1. The number of hydrogen-bond acceptors (Lipinski definition) is 6. The van der Waals surface area contributed by atoms with Crippen molar-refractivity contribution >= 4 is 46.3 Å². The van der Waals surface area contributed by atoms with Crippen LogP contribution in [0.25, 0.3) is 6.08 Å². The molecule has 1 fully saturated rings. The van der Waals surface area contributed by atoms with Gasteiger partial charge < -0.3 is 5.32 Å². The average Bonchev–Trinajstić information content (AvgIpc) is 2.91. The number of amides is 3. The third-order valence-electron chi connectivity index (χ3n) is 3.72. The number of benzene rings is 2. The van der Waals surface area contributed by atoms with E-state index in [0.717, 1.165) is 4.90 Å². The predicted molar refractivity (Wildman–Crippen MR) is 101 cm³/mol. The lowest BCUT2D eigenvalue weighted by atomic mass is 10.2. The van der Waals surface area contributed by atoms with Crippen molar-refractivity contribution in [2.75, 3.05) is 11.9 Å². The van der Waals surface area contributed by atoms with Crippen LogP contribution in [-0.4, -0.2) is 33.4 Å². The summed E-state index contributed by atoms with van der Waals surface area (Å²) in [6, 6.07) is 11.0. The summed E-state index contributed by atoms with van der Waals surface area (Å²) in [4.78, 5) is 47.5. The highest BCUT2D eigenvalue weighted by molar-refractivity contribution is 8.18. The maximum atomic E-state index is 13.6. The summed E-state index contributed by atoms with van der Waals surface area (Å²) in [5, 5.41) is 12.3. The molecule has 10 heteroatoms. The van der Waals surface area contributed by atoms with E-state index in [2.05, 4.69) is 5.32 Å². The number of non-ortho nitro benzene ring substituents is 1. The van der Waals surface area contributed by atoms with E-state index in [1.165, 1.54) is 54.6 Å². The number of thioether (sulfide) groups is 1. The Bertz CT molecular complexity index is 1010. The Kier molecular flexibility index (Phi) is 5.50. The van der Waals surface area contributed by atoms with E-state index in [9.17, 15) is 28.9 Å². The maximum Gasteiger partial charge on any atom is 0.294 e. The Hall–Kier alpha value is -3.53. The molecule has 2 aromatic rings. The highest BCUT2D eigenvalue weighted by atomic mass is 32.2. The number of carbonyl (C=O) groups excluding carboxylic acids is 3. The van der Waals surface area contributed by atoms with Crippen molar-refractivity contribution in [1.82, 2.24) is 4.90 Å². The molecule has 0 atom stereocenters. The summed E-state index contributed by atoms with van der Waals surface area (Å²) in [7, 11) is 0. The number of anilines is 1. The molecular formula is C18H12FN3O5S. The molecule has 0 unspecified atom stereocenters. The lowest BCUT2D eigenvalue weighted by Crippen LogP contribution is -2.36. The van der Waals surface area contributed by atoms with Crippen LogP contribution in [0.4, 0.5) is 20.6 Å². The van der Waals surface area contributed by atoms with Gasteiger partial charge in [0.15, 0.2) is 0 Å². The van der Waals surface area contributed by atoms with Gasteiger partial charge in [-0.2, -0.15) is 0 Å². The van der Waals surface area contributed by atoms with Crippen LogP contribution >= 0.6 is 11.8 Å². The molecule has 3 amide bonds. The molecule has 0 aliphatic carbocycles. The third-order valence-corrected chi connectivity index (χ3v) is 4.63. The standard InChI is InChI=1S/C18H12FN3O5S/c19-13-3-1-2-4-14(13)20-16(23)10-21-17(24)15(28-18(21)25)9-11-5-7-12(8-6-11)22(26)27/h1-9H,10H2,(H,20,23)/b15-9-. The summed E-state index contributed by atoms with van der Waals surface area (Å²) in [5.41, 5.74) is 0.336. The first-order valence-corrected chi connectivity index (χ1v) is 8.71. The van der Waals surface area contributed by atoms with Crippen LogP contribution in [0.15, 0.2) is 53.4 Å². The normalized spacial score (nSPS) is 15.2. The molecule has 1 aliphatic heterocycles. The number of nitrogens with zero attached hydrogens (tertiary/aromatic N) is 2. The summed E-state index contributed by atoms with van der Waals surface area (Å²) >= 11 is 0.649. The zero-order valence-electron chi connectivity index (χ0n) is 14.1. The molecule has 3 rings (SSSR count). The van der Waals surface area contributed by atoms with Crippen LogP contribution in [-0.2, 0) is 9.59 Å². The fraction of sp³-hybridized carbons (Fsp3) is 0.0556. The minimum Gasteiger partial charge on any atom is -0.322 e. The molecule has 0 radical (unpaired) electrons. The number of carbonyl (C=O) groups is 3. The Morgan fingerprint density at radius 3 is 2.50 bits per heavy atom. The second-order valence-corrected chi connectivity index (χ2v) is 6.64. The number of nitrogens with one attached hydrogen (secondary N) is 1. The molecule has 2 aromatic carbocycles. The van der Waals surface area contributed by atoms with Gasteiger partial charge in [-0.05, 0) is 47.7 Å². The molecule has 1 saturated heterocycles. The van der Waals surface area contributed by atoms with E-state index in [-0.39, 0.29) is 16.3 Å². The van der Waals surface area contributed by atoms with Gasteiger partial charge in [-0.15, -0.1) is 0 Å². The van der Waals surface area contributed by atoms with Crippen molar-refractivity contribution in [2.45, 2.75) is 0 Å². The minimum atomic E-state index is -0.719. The van der Waals surface area contributed by atoms with Gasteiger partial charge in [-0.3, -0.25) is 29.4 Å². The lowest BCUT2D eigenvalue weighted by molar-refractivity contribution is -0.384. The largest absolute Gasteiger partial charge is 0.322 e. The molecule has 0 bridgehead atoms. The van der Waals surface area contributed by atoms with Crippen molar-refractivity contribution in [3.8, 4) is 0 Å². The molecule has 0 saturated carbocycles. The molecule has 1 heterocycles. The summed E-state index contributed by atoms with van der Waals surface area (Å²) in [6.45, 7) is -0.559. The SMILES string of the molecule is O=C(CN1C(=O)S/C(=C\c2ccc([N+](=O)[O-])cc2)C1=O)Nc1ccccc1F. The number of rotatable bonds is 5. The second kappa shape index (κ2) is 8.01. The molecule has 0 aromatic heterocycles. The maximum absolute atomic E-state index is 13.6. The van der Waals surface area contributed by atoms with Crippen LogP contribution in [0.3, 0.4) is 0 Å². The summed E-state index contributed by atoms with van der Waals surface area (Å²) < 4.78 is 13.6. The Labute approximate surface area is 162 Å². The van der Waals surface area contributed by atoms with E-state index in [1.807, 2.05) is 0 Å². The van der Waals surface area contributed by atoms with Crippen molar-refractivity contribution in [2.24, 2.45) is 0 Å². The Morgan fingerprint density at radius 2 is 1.86 bits per heavy atom. The Balaban J connectivity index is 1.70. The van der Waals surface area contributed by atoms with Crippen LogP contribution in [0, 0.1) is 15.9 Å². The van der Waals surface area contributed by atoms with E-state index in [4.69, 9.17) is 0 Å². The number of hydrogen-bond donors (Lipinski definition) is 1. The van der Waals surface area contributed by atoms with Gasteiger partial charge >= 0.3 is 0 Å². The first-order valence-electron chi connectivity index (χ1n) is 7.89. The quantitative estimate of drug-likeness (QED) is 0.467. The van der Waals surface area contributed by atoms with Gasteiger partial charge in [0, 0.05) is 12.1 Å². The van der Waals surface area contributed by atoms with Gasteiger partial charge in [0.2, 0.25) is 5.91 Å². The van der Waals surface area contributed by atoms with Gasteiger partial charge in [-0.1, -0.05) is 12.1 Å². The van der Waals surface area contributed by atoms with Crippen molar-refractivity contribution in [3.05, 3.63) is 74.9 Å². The van der Waals surface area contributed by atoms with Crippen LogP contribution < -0.4 is 5.32 Å².